The third-order valence-corrected chi connectivity index (χ3v) is 3.36. The fourth-order valence-electron chi connectivity index (χ4n) is 1.45. The highest BCUT2D eigenvalue weighted by atomic mass is 32.2. The van der Waals surface area contributed by atoms with Crippen LogP contribution in [0.5, 0.6) is 0 Å². The Labute approximate surface area is 77.7 Å². The molecule has 1 aliphatic heterocycles. The second-order valence-corrected chi connectivity index (χ2v) is 4.40. The van der Waals surface area contributed by atoms with Crippen LogP contribution in [0, 0.1) is 0 Å². The van der Waals surface area contributed by atoms with Crippen LogP contribution in [0.2, 0.25) is 0 Å². The number of hydrogen-bond donors (Lipinski definition) is 1. The monoisotopic (exact) mass is 188 g/mol. The van der Waals surface area contributed by atoms with E-state index in [9.17, 15) is 4.79 Å². The molecule has 0 bridgehead atoms. The number of primary amides is 1. The van der Waals surface area contributed by atoms with Crippen molar-refractivity contribution < 1.29 is 4.79 Å². The normalized spacial score (nSPS) is 24.3. The Morgan fingerprint density at radius 2 is 2.50 bits per heavy atom. The van der Waals surface area contributed by atoms with E-state index in [1.165, 1.54) is 18.6 Å². The van der Waals surface area contributed by atoms with Gasteiger partial charge in [-0.25, -0.2) is 0 Å². The van der Waals surface area contributed by atoms with Crippen molar-refractivity contribution in [3.8, 4) is 0 Å². The highest BCUT2D eigenvalue weighted by molar-refractivity contribution is 7.99. The lowest BCUT2D eigenvalue weighted by Crippen LogP contribution is -2.41. The summed E-state index contributed by atoms with van der Waals surface area (Å²) in [6, 6.07) is 0.552. The van der Waals surface area contributed by atoms with Crippen molar-refractivity contribution in [1.29, 1.82) is 0 Å². The molecule has 1 aliphatic rings. The fourth-order valence-corrected chi connectivity index (χ4v) is 2.68. The Hall–Kier alpha value is -0.220. The van der Waals surface area contributed by atoms with Crippen LogP contribution in [0.15, 0.2) is 0 Å². The number of nitrogens with zero attached hydrogens (tertiary/aromatic N) is 1. The molecule has 1 fully saturated rings. The van der Waals surface area contributed by atoms with Crippen molar-refractivity contribution >= 4 is 17.7 Å². The van der Waals surface area contributed by atoms with E-state index < -0.39 is 0 Å². The van der Waals surface area contributed by atoms with E-state index in [0.29, 0.717) is 12.6 Å². The number of likely N-dealkylation sites (N-methyl/N-ethyl adjacent to an activating group) is 1. The maximum absolute atomic E-state index is 10.6. The van der Waals surface area contributed by atoms with Crippen LogP contribution < -0.4 is 5.73 Å². The number of carbonyl (C=O) groups is 1. The van der Waals surface area contributed by atoms with Crippen LogP contribution in [0.3, 0.4) is 0 Å². The molecule has 70 valence electrons. The highest BCUT2D eigenvalue weighted by Crippen LogP contribution is 2.20. The van der Waals surface area contributed by atoms with Crippen molar-refractivity contribution in [2.24, 2.45) is 5.73 Å². The van der Waals surface area contributed by atoms with Crippen LogP contribution in [0.4, 0.5) is 0 Å². The van der Waals surface area contributed by atoms with Gasteiger partial charge in [-0.15, -0.1) is 0 Å². The topological polar surface area (TPSA) is 46.3 Å². The average molecular weight is 188 g/mol. The molecule has 0 aliphatic carbocycles. The summed E-state index contributed by atoms with van der Waals surface area (Å²) in [5.41, 5.74) is 5.11. The van der Waals surface area contributed by atoms with E-state index in [2.05, 4.69) is 4.90 Å². The maximum atomic E-state index is 10.6. The van der Waals surface area contributed by atoms with Gasteiger partial charge in [-0.2, -0.15) is 11.8 Å². The van der Waals surface area contributed by atoms with Crippen LogP contribution >= 0.6 is 11.8 Å². The first-order chi connectivity index (χ1) is 5.70. The molecule has 1 heterocycles. The first-order valence-corrected chi connectivity index (χ1v) is 5.42. The lowest BCUT2D eigenvalue weighted by molar-refractivity contribution is -0.119. The smallest absolute Gasteiger partial charge is 0.231 e. The summed E-state index contributed by atoms with van der Waals surface area (Å²) in [4.78, 5) is 12.7. The molecule has 4 heteroatoms. The SMILES string of the molecule is CN(CC(N)=O)C1CCCSC1. The number of nitrogens with two attached hydrogens (primary N) is 1. The van der Waals surface area contributed by atoms with Gasteiger partial charge in [0.15, 0.2) is 0 Å². The summed E-state index contributed by atoms with van der Waals surface area (Å²) in [5.74, 6) is 2.18. The molecular formula is C8H16N2OS. The Bertz CT molecular complexity index is 157. The molecule has 0 saturated carbocycles. The van der Waals surface area contributed by atoms with Gasteiger partial charge in [0.2, 0.25) is 5.91 Å². The van der Waals surface area contributed by atoms with Crippen LogP contribution in [0.25, 0.3) is 0 Å². The molecule has 2 N–H and O–H groups in total. The van der Waals surface area contributed by atoms with Gasteiger partial charge in [-0.1, -0.05) is 0 Å². The minimum absolute atomic E-state index is 0.229. The van der Waals surface area contributed by atoms with Gasteiger partial charge < -0.3 is 5.73 Å². The second kappa shape index (κ2) is 4.72. The second-order valence-electron chi connectivity index (χ2n) is 3.25. The molecule has 1 rings (SSSR count). The van der Waals surface area contributed by atoms with E-state index in [1.54, 1.807) is 0 Å². The Morgan fingerprint density at radius 1 is 1.75 bits per heavy atom. The average Bonchev–Trinajstić information content (AvgIpc) is 2.05. The third kappa shape index (κ3) is 3.03. The molecule has 1 saturated heterocycles. The Kier molecular flexibility index (Phi) is 3.88. The summed E-state index contributed by atoms with van der Waals surface area (Å²) in [6.45, 7) is 0.394. The summed E-state index contributed by atoms with van der Waals surface area (Å²) < 4.78 is 0. The molecule has 0 aromatic rings. The predicted octanol–water partition coefficient (Wildman–Crippen LogP) is 0.299. The first kappa shape index (κ1) is 9.86. The minimum atomic E-state index is -0.229. The number of amides is 1. The van der Waals surface area contributed by atoms with E-state index in [-0.39, 0.29) is 5.91 Å². The van der Waals surface area contributed by atoms with Crippen LogP contribution in [0.1, 0.15) is 12.8 Å². The van der Waals surface area contributed by atoms with E-state index >= 15 is 0 Å². The van der Waals surface area contributed by atoms with Gasteiger partial charge in [0, 0.05) is 11.8 Å². The summed E-state index contributed by atoms with van der Waals surface area (Å²) in [6.07, 6.45) is 2.47. The van der Waals surface area contributed by atoms with Gasteiger partial charge in [0.05, 0.1) is 6.54 Å². The molecule has 0 aromatic carbocycles. The quantitative estimate of drug-likeness (QED) is 0.693. The lowest BCUT2D eigenvalue weighted by atomic mass is 10.1. The first-order valence-electron chi connectivity index (χ1n) is 4.26. The van der Waals surface area contributed by atoms with Crippen molar-refractivity contribution in [3.63, 3.8) is 0 Å². The zero-order chi connectivity index (χ0) is 8.97. The molecule has 1 amide bonds. The molecule has 1 unspecified atom stereocenters. The molecule has 0 spiro atoms. The van der Waals surface area contributed by atoms with Gasteiger partial charge in [0.25, 0.3) is 0 Å². The molecule has 0 radical (unpaired) electrons. The molecule has 12 heavy (non-hydrogen) atoms. The molecule has 1 atom stereocenters. The van der Waals surface area contributed by atoms with E-state index in [1.807, 2.05) is 18.8 Å². The summed E-state index contributed by atoms with van der Waals surface area (Å²) in [5, 5.41) is 0. The van der Waals surface area contributed by atoms with Crippen molar-refractivity contribution in [3.05, 3.63) is 0 Å². The summed E-state index contributed by atoms with van der Waals surface area (Å²) >= 11 is 1.96. The lowest BCUT2D eigenvalue weighted by Gasteiger charge is -2.29. The largest absolute Gasteiger partial charge is 0.369 e. The maximum Gasteiger partial charge on any atom is 0.231 e. The molecule has 3 nitrogen and oxygen atoms in total. The number of carbonyl (C=O) groups excluding carboxylic acids is 1. The van der Waals surface area contributed by atoms with Crippen molar-refractivity contribution in [1.82, 2.24) is 4.90 Å². The van der Waals surface area contributed by atoms with Crippen molar-refractivity contribution in [2.45, 2.75) is 18.9 Å². The summed E-state index contributed by atoms with van der Waals surface area (Å²) in [7, 11) is 1.97. The number of thioether (sulfide) groups is 1. The van der Waals surface area contributed by atoms with Gasteiger partial charge in [-0.3, -0.25) is 9.69 Å². The standard InChI is InChI=1S/C8H16N2OS/c1-10(5-8(9)11)7-3-2-4-12-6-7/h7H,2-6H2,1H3,(H2,9,11). The van der Waals surface area contributed by atoms with E-state index in [0.717, 1.165) is 5.75 Å². The molecule has 0 aromatic heterocycles. The highest BCUT2D eigenvalue weighted by Gasteiger charge is 2.18. The Balaban J connectivity index is 2.29. The number of rotatable bonds is 3. The predicted molar refractivity (Wildman–Crippen MR) is 52.2 cm³/mol. The van der Waals surface area contributed by atoms with Gasteiger partial charge in [-0.05, 0) is 25.6 Å². The Morgan fingerprint density at radius 3 is 3.00 bits per heavy atom. The minimum Gasteiger partial charge on any atom is -0.369 e. The fraction of sp³-hybridized carbons (Fsp3) is 0.875. The van der Waals surface area contributed by atoms with Crippen LogP contribution in [-0.2, 0) is 4.79 Å². The zero-order valence-electron chi connectivity index (χ0n) is 7.45. The molecular weight excluding hydrogens is 172 g/mol. The van der Waals surface area contributed by atoms with Gasteiger partial charge >= 0.3 is 0 Å². The van der Waals surface area contributed by atoms with Gasteiger partial charge in [0.1, 0.15) is 0 Å². The van der Waals surface area contributed by atoms with Crippen LogP contribution in [-0.4, -0.2) is 41.9 Å². The van der Waals surface area contributed by atoms with Crippen molar-refractivity contribution in [2.75, 3.05) is 25.1 Å². The van der Waals surface area contributed by atoms with E-state index in [4.69, 9.17) is 5.73 Å². The zero-order valence-corrected chi connectivity index (χ0v) is 8.27. The number of hydrogen-bond acceptors (Lipinski definition) is 3. The third-order valence-electron chi connectivity index (χ3n) is 2.16.